The van der Waals surface area contributed by atoms with E-state index in [-0.39, 0.29) is 0 Å². The van der Waals surface area contributed by atoms with Gasteiger partial charge in [0.25, 0.3) is 0 Å². The molecule has 2 unspecified atom stereocenters. The Bertz CT molecular complexity index is 242. The van der Waals surface area contributed by atoms with Crippen molar-refractivity contribution < 1.29 is 0 Å². The van der Waals surface area contributed by atoms with E-state index in [1.807, 2.05) is 0 Å². The van der Waals surface area contributed by atoms with Crippen LogP contribution < -0.4 is 5.32 Å². The van der Waals surface area contributed by atoms with Crippen molar-refractivity contribution in [2.24, 2.45) is 5.41 Å². The molecule has 2 nitrogen and oxygen atoms in total. The highest BCUT2D eigenvalue weighted by Crippen LogP contribution is 2.37. The van der Waals surface area contributed by atoms with Crippen molar-refractivity contribution in [2.45, 2.75) is 91.6 Å². The van der Waals surface area contributed by atoms with E-state index in [0.717, 1.165) is 12.6 Å². The van der Waals surface area contributed by atoms with Gasteiger partial charge < -0.3 is 5.32 Å². The molecule has 20 heavy (non-hydrogen) atoms. The molecule has 0 radical (unpaired) electrons. The van der Waals surface area contributed by atoms with Gasteiger partial charge in [-0.1, -0.05) is 47.5 Å². The van der Waals surface area contributed by atoms with Crippen LogP contribution in [0.3, 0.4) is 0 Å². The molecule has 0 spiro atoms. The number of hydrogen-bond acceptors (Lipinski definition) is 2. The van der Waals surface area contributed by atoms with E-state index in [1.165, 1.54) is 58.0 Å². The van der Waals surface area contributed by atoms with E-state index in [4.69, 9.17) is 0 Å². The Morgan fingerprint density at radius 3 is 2.15 bits per heavy atom. The second-order valence-corrected chi connectivity index (χ2v) is 7.38. The molecule has 0 amide bonds. The molecule has 0 aliphatic heterocycles. The van der Waals surface area contributed by atoms with Crippen molar-refractivity contribution in [3.63, 3.8) is 0 Å². The van der Waals surface area contributed by atoms with E-state index in [0.29, 0.717) is 11.5 Å². The third-order valence-electron chi connectivity index (χ3n) is 4.89. The topological polar surface area (TPSA) is 15.3 Å². The first-order chi connectivity index (χ1) is 9.54. The number of likely N-dealkylation sites (N-methyl/N-ethyl adjacent to an activating group) is 1. The molecule has 1 fully saturated rings. The van der Waals surface area contributed by atoms with E-state index in [1.54, 1.807) is 0 Å². The van der Waals surface area contributed by atoms with Crippen LogP contribution in [0.2, 0.25) is 0 Å². The van der Waals surface area contributed by atoms with Crippen molar-refractivity contribution in [2.75, 3.05) is 19.6 Å². The van der Waals surface area contributed by atoms with Crippen LogP contribution in [0, 0.1) is 5.41 Å². The van der Waals surface area contributed by atoms with Crippen LogP contribution in [0.15, 0.2) is 0 Å². The molecule has 1 N–H and O–H groups in total. The zero-order chi connectivity index (χ0) is 15.0. The maximum atomic E-state index is 3.76. The lowest BCUT2D eigenvalue weighted by atomic mass is 9.72. The highest BCUT2D eigenvalue weighted by molar-refractivity contribution is 4.94. The maximum Gasteiger partial charge on any atom is 0.0254 e. The van der Waals surface area contributed by atoms with Crippen molar-refractivity contribution in [3.8, 4) is 0 Å². The predicted molar refractivity (Wildman–Crippen MR) is 90.3 cm³/mol. The fourth-order valence-corrected chi connectivity index (χ4v) is 3.60. The standard InChI is InChI=1S/C18H38N2/c1-6-9-13-20(14-10-7-2)17-15-18(4,5)12-11-16(17)19-8-3/h16-17,19H,6-15H2,1-5H3. The average Bonchev–Trinajstić information content (AvgIpc) is 2.41. The molecule has 1 aliphatic rings. The summed E-state index contributed by atoms with van der Waals surface area (Å²) >= 11 is 0. The first kappa shape index (κ1) is 18.0. The highest BCUT2D eigenvalue weighted by Gasteiger charge is 2.37. The van der Waals surface area contributed by atoms with Gasteiger partial charge in [-0.15, -0.1) is 0 Å². The second kappa shape index (κ2) is 9.04. The van der Waals surface area contributed by atoms with Gasteiger partial charge in [0, 0.05) is 12.1 Å². The molecule has 2 atom stereocenters. The summed E-state index contributed by atoms with van der Waals surface area (Å²) in [5.74, 6) is 0. The predicted octanol–water partition coefficient (Wildman–Crippen LogP) is 4.45. The highest BCUT2D eigenvalue weighted by atomic mass is 15.2. The smallest absolute Gasteiger partial charge is 0.0254 e. The fraction of sp³-hybridized carbons (Fsp3) is 1.00. The molecule has 0 saturated heterocycles. The summed E-state index contributed by atoms with van der Waals surface area (Å²) in [6.45, 7) is 15.5. The summed E-state index contributed by atoms with van der Waals surface area (Å²) in [6.07, 6.45) is 9.39. The Hall–Kier alpha value is -0.0800. The van der Waals surface area contributed by atoms with Gasteiger partial charge in [-0.05, 0) is 57.2 Å². The molecule has 0 bridgehead atoms. The maximum absolute atomic E-state index is 3.76. The summed E-state index contributed by atoms with van der Waals surface area (Å²) < 4.78 is 0. The van der Waals surface area contributed by atoms with Gasteiger partial charge in [0.15, 0.2) is 0 Å². The number of nitrogens with one attached hydrogen (secondary N) is 1. The minimum absolute atomic E-state index is 0.521. The lowest BCUT2D eigenvalue weighted by Gasteiger charge is -2.46. The number of nitrogens with zero attached hydrogens (tertiary/aromatic N) is 1. The average molecular weight is 283 g/mol. The van der Waals surface area contributed by atoms with Crippen LogP contribution in [0.4, 0.5) is 0 Å². The van der Waals surface area contributed by atoms with Gasteiger partial charge >= 0.3 is 0 Å². The van der Waals surface area contributed by atoms with E-state index < -0.39 is 0 Å². The van der Waals surface area contributed by atoms with Gasteiger partial charge in [0.05, 0.1) is 0 Å². The molecule has 0 aromatic rings. The monoisotopic (exact) mass is 282 g/mol. The van der Waals surface area contributed by atoms with Gasteiger partial charge in [-0.2, -0.15) is 0 Å². The Balaban J connectivity index is 2.73. The molecule has 0 aromatic carbocycles. The number of unbranched alkanes of at least 4 members (excludes halogenated alkanes) is 2. The molecule has 2 heteroatoms. The van der Waals surface area contributed by atoms with Crippen molar-refractivity contribution >= 4 is 0 Å². The van der Waals surface area contributed by atoms with Crippen LogP contribution in [0.1, 0.15) is 79.6 Å². The number of hydrogen-bond donors (Lipinski definition) is 1. The molecular weight excluding hydrogens is 244 g/mol. The molecule has 1 saturated carbocycles. The van der Waals surface area contributed by atoms with E-state index in [9.17, 15) is 0 Å². The SMILES string of the molecule is CCCCN(CCCC)C1CC(C)(C)CCC1NCC. The molecule has 0 aromatic heterocycles. The molecule has 1 rings (SSSR count). The van der Waals surface area contributed by atoms with E-state index in [2.05, 4.69) is 44.8 Å². The summed E-state index contributed by atoms with van der Waals surface area (Å²) in [5, 5.41) is 3.76. The minimum atomic E-state index is 0.521. The Kier molecular flexibility index (Phi) is 8.13. The zero-order valence-electron chi connectivity index (χ0n) is 14.7. The Labute approximate surface area is 127 Å². The van der Waals surface area contributed by atoms with Crippen molar-refractivity contribution in [1.29, 1.82) is 0 Å². The second-order valence-electron chi connectivity index (χ2n) is 7.38. The first-order valence-corrected chi connectivity index (χ1v) is 9.01. The normalized spacial score (nSPS) is 26.1. The van der Waals surface area contributed by atoms with Crippen LogP contribution in [-0.4, -0.2) is 36.6 Å². The third-order valence-corrected chi connectivity index (χ3v) is 4.89. The van der Waals surface area contributed by atoms with Crippen LogP contribution >= 0.6 is 0 Å². The zero-order valence-corrected chi connectivity index (χ0v) is 14.7. The van der Waals surface area contributed by atoms with E-state index >= 15 is 0 Å². The Morgan fingerprint density at radius 2 is 1.65 bits per heavy atom. The lowest BCUT2D eigenvalue weighted by Crippen LogP contribution is -2.55. The van der Waals surface area contributed by atoms with Gasteiger partial charge in [-0.3, -0.25) is 4.90 Å². The quantitative estimate of drug-likeness (QED) is 0.672. The Morgan fingerprint density at radius 1 is 1.05 bits per heavy atom. The summed E-state index contributed by atoms with van der Waals surface area (Å²) in [6, 6.07) is 1.46. The molecule has 1 aliphatic carbocycles. The molecule has 0 heterocycles. The van der Waals surface area contributed by atoms with Crippen LogP contribution in [0.25, 0.3) is 0 Å². The molecular formula is C18H38N2. The van der Waals surface area contributed by atoms with Gasteiger partial charge in [0.2, 0.25) is 0 Å². The van der Waals surface area contributed by atoms with Gasteiger partial charge in [0.1, 0.15) is 0 Å². The molecule has 120 valence electrons. The minimum Gasteiger partial charge on any atom is -0.313 e. The van der Waals surface area contributed by atoms with Crippen molar-refractivity contribution in [3.05, 3.63) is 0 Å². The van der Waals surface area contributed by atoms with Crippen LogP contribution in [-0.2, 0) is 0 Å². The fourth-order valence-electron chi connectivity index (χ4n) is 3.60. The van der Waals surface area contributed by atoms with Gasteiger partial charge in [-0.25, -0.2) is 0 Å². The lowest BCUT2D eigenvalue weighted by molar-refractivity contribution is 0.0632. The number of rotatable bonds is 9. The largest absolute Gasteiger partial charge is 0.313 e. The van der Waals surface area contributed by atoms with Crippen LogP contribution in [0.5, 0.6) is 0 Å². The first-order valence-electron chi connectivity index (χ1n) is 9.01. The van der Waals surface area contributed by atoms with Crippen molar-refractivity contribution in [1.82, 2.24) is 10.2 Å². The summed E-state index contributed by atoms with van der Waals surface area (Å²) in [7, 11) is 0. The summed E-state index contributed by atoms with van der Waals surface area (Å²) in [4.78, 5) is 2.81. The summed E-state index contributed by atoms with van der Waals surface area (Å²) in [5.41, 5.74) is 0.521. The third kappa shape index (κ3) is 5.73.